The number of anilines is 2. The monoisotopic (exact) mass is 316 g/mol. The van der Waals surface area contributed by atoms with Gasteiger partial charge in [0, 0.05) is 25.3 Å². The zero-order valence-electron chi connectivity index (χ0n) is 11.1. The number of nitrogens with one attached hydrogen (secondary N) is 1. The van der Waals surface area contributed by atoms with Crippen LogP contribution in [0.2, 0.25) is 10.0 Å². The average molecular weight is 317 g/mol. The van der Waals surface area contributed by atoms with Gasteiger partial charge < -0.3 is 15.8 Å². The van der Waals surface area contributed by atoms with Gasteiger partial charge in [-0.3, -0.25) is 4.79 Å². The van der Waals surface area contributed by atoms with Crippen molar-refractivity contribution in [2.75, 3.05) is 24.3 Å². The minimum absolute atomic E-state index is 0.131. The number of halogens is 2. The number of amides is 1. The molecule has 1 aliphatic carbocycles. The van der Waals surface area contributed by atoms with Gasteiger partial charge in [-0.25, -0.2) is 0 Å². The summed E-state index contributed by atoms with van der Waals surface area (Å²) in [5, 5.41) is 3.39. The number of nitrogens with two attached hydrogens (primary N) is 1. The standard InChI is InChI=1S/C14H18Cl2N2O2/c15-11-6-10(17)7-12(16)14(11)18-13(19)2-1-5-20-8-9-3-4-9/h6-7,9H,1-5,8,17H2,(H,18,19). The van der Waals surface area contributed by atoms with Crippen LogP contribution in [0.4, 0.5) is 11.4 Å². The molecule has 3 N–H and O–H groups in total. The largest absolute Gasteiger partial charge is 0.399 e. The molecule has 0 bridgehead atoms. The van der Waals surface area contributed by atoms with Gasteiger partial charge in [0.2, 0.25) is 5.91 Å². The number of ether oxygens (including phenoxy) is 1. The highest BCUT2D eigenvalue weighted by molar-refractivity contribution is 6.40. The maximum absolute atomic E-state index is 11.8. The predicted octanol–water partition coefficient (Wildman–Crippen LogP) is 3.72. The normalized spacial score (nSPS) is 14.3. The summed E-state index contributed by atoms with van der Waals surface area (Å²) < 4.78 is 5.47. The van der Waals surface area contributed by atoms with Crippen molar-refractivity contribution in [3.05, 3.63) is 22.2 Å². The van der Waals surface area contributed by atoms with Crippen molar-refractivity contribution in [2.45, 2.75) is 25.7 Å². The molecule has 1 fully saturated rings. The van der Waals surface area contributed by atoms with Crippen LogP contribution < -0.4 is 11.1 Å². The molecule has 1 aromatic carbocycles. The van der Waals surface area contributed by atoms with E-state index in [0.717, 1.165) is 12.5 Å². The summed E-state index contributed by atoms with van der Waals surface area (Å²) in [7, 11) is 0. The molecule has 20 heavy (non-hydrogen) atoms. The van der Waals surface area contributed by atoms with E-state index < -0.39 is 0 Å². The van der Waals surface area contributed by atoms with E-state index in [4.69, 9.17) is 33.7 Å². The molecule has 0 aliphatic heterocycles. The molecule has 0 spiro atoms. The van der Waals surface area contributed by atoms with Gasteiger partial charge in [-0.1, -0.05) is 23.2 Å². The first-order valence-corrected chi connectivity index (χ1v) is 7.44. The minimum Gasteiger partial charge on any atom is -0.399 e. The molecular formula is C14H18Cl2N2O2. The van der Waals surface area contributed by atoms with Crippen molar-refractivity contribution in [1.82, 2.24) is 0 Å². The Morgan fingerprint density at radius 2 is 2.00 bits per heavy atom. The molecule has 0 aromatic heterocycles. The first-order valence-electron chi connectivity index (χ1n) is 6.68. The van der Waals surface area contributed by atoms with Crippen LogP contribution in [0.1, 0.15) is 25.7 Å². The maximum Gasteiger partial charge on any atom is 0.224 e. The third-order valence-electron chi connectivity index (χ3n) is 3.07. The lowest BCUT2D eigenvalue weighted by Gasteiger charge is -2.10. The van der Waals surface area contributed by atoms with Gasteiger partial charge >= 0.3 is 0 Å². The van der Waals surface area contributed by atoms with Crippen molar-refractivity contribution >= 4 is 40.5 Å². The summed E-state index contributed by atoms with van der Waals surface area (Å²) in [4.78, 5) is 11.8. The van der Waals surface area contributed by atoms with E-state index in [2.05, 4.69) is 5.32 Å². The predicted molar refractivity (Wildman–Crippen MR) is 82.3 cm³/mol. The van der Waals surface area contributed by atoms with Gasteiger partial charge in [-0.15, -0.1) is 0 Å². The number of carbonyl (C=O) groups excluding carboxylic acids is 1. The lowest BCUT2D eigenvalue weighted by atomic mass is 10.2. The highest BCUT2D eigenvalue weighted by Gasteiger charge is 2.20. The second-order valence-electron chi connectivity index (χ2n) is 5.03. The Hall–Kier alpha value is -0.970. The quantitative estimate of drug-likeness (QED) is 0.595. The van der Waals surface area contributed by atoms with Crippen LogP contribution in [0.5, 0.6) is 0 Å². The lowest BCUT2D eigenvalue weighted by Crippen LogP contribution is -2.13. The average Bonchev–Trinajstić information content (AvgIpc) is 3.17. The van der Waals surface area contributed by atoms with Gasteiger partial charge in [0.15, 0.2) is 0 Å². The fourth-order valence-electron chi connectivity index (χ4n) is 1.78. The number of rotatable bonds is 7. The number of nitrogen functional groups attached to an aromatic ring is 1. The third kappa shape index (κ3) is 4.85. The van der Waals surface area contributed by atoms with Crippen LogP contribution in [-0.2, 0) is 9.53 Å². The second-order valence-corrected chi connectivity index (χ2v) is 5.84. The van der Waals surface area contributed by atoms with Crippen LogP contribution in [0.15, 0.2) is 12.1 Å². The van der Waals surface area contributed by atoms with E-state index >= 15 is 0 Å². The molecule has 0 saturated heterocycles. The van der Waals surface area contributed by atoms with Gasteiger partial charge in [0.05, 0.1) is 15.7 Å². The first kappa shape index (κ1) is 15.4. The molecule has 6 heteroatoms. The van der Waals surface area contributed by atoms with Gasteiger partial charge in [0.25, 0.3) is 0 Å². The van der Waals surface area contributed by atoms with Crippen molar-refractivity contribution in [3.8, 4) is 0 Å². The molecule has 1 aliphatic rings. The molecule has 110 valence electrons. The van der Waals surface area contributed by atoms with E-state index in [1.165, 1.54) is 12.8 Å². The molecule has 0 unspecified atom stereocenters. The summed E-state index contributed by atoms with van der Waals surface area (Å²) in [6, 6.07) is 3.11. The van der Waals surface area contributed by atoms with E-state index in [0.29, 0.717) is 40.9 Å². The Bertz CT molecular complexity index is 467. The molecule has 0 heterocycles. The topological polar surface area (TPSA) is 64.3 Å². The molecule has 4 nitrogen and oxygen atoms in total. The van der Waals surface area contributed by atoms with Gasteiger partial charge in [0.1, 0.15) is 0 Å². The van der Waals surface area contributed by atoms with Crippen LogP contribution >= 0.6 is 23.2 Å². The SMILES string of the molecule is Nc1cc(Cl)c(NC(=O)CCCOCC2CC2)c(Cl)c1. The van der Waals surface area contributed by atoms with Crippen molar-refractivity contribution < 1.29 is 9.53 Å². The molecule has 1 saturated carbocycles. The third-order valence-corrected chi connectivity index (χ3v) is 3.67. The number of carbonyl (C=O) groups is 1. The summed E-state index contributed by atoms with van der Waals surface area (Å²) in [6.07, 6.45) is 3.60. The van der Waals surface area contributed by atoms with Crippen molar-refractivity contribution in [2.24, 2.45) is 5.92 Å². The maximum atomic E-state index is 11.8. The van der Waals surface area contributed by atoms with E-state index in [1.807, 2.05) is 0 Å². The summed E-state index contributed by atoms with van der Waals surface area (Å²) in [6.45, 7) is 1.42. The van der Waals surface area contributed by atoms with E-state index in [9.17, 15) is 4.79 Å². The number of hydrogen-bond donors (Lipinski definition) is 2. The molecule has 1 amide bonds. The van der Waals surface area contributed by atoms with Crippen molar-refractivity contribution in [1.29, 1.82) is 0 Å². The van der Waals surface area contributed by atoms with Gasteiger partial charge in [-0.2, -0.15) is 0 Å². The smallest absolute Gasteiger partial charge is 0.224 e. The fourth-order valence-corrected chi connectivity index (χ4v) is 2.38. The Kier molecular flexibility index (Phi) is 5.52. The molecule has 0 radical (unpaired) electrons. The Morgan fingerprint density at radius 1 is 1.35 bits per heavy atom. The first-order chi connectivity index (χ1) is 9.56. The Balaban J connectivity index is 1.73. The summed E-state index contributed by atoms with van der Waals surface area (Å²) in [5.41, 5.74) is 6.48. The fraction of sp³-hybridized carbons (Fsp3) is 0.500. The Morgan fingerprint density at radius 3 is 2.60 bits per heavy atom. The van der Waals surface area contributed by atoms with Crippen LogP contribution in [-0.4, -0.2) is 19.1 Å². The number of benzene rings is 1. The highest BCUT2D eigenvalue weighted by atomic mass is 35.5. The van der Waals surface area contributed by atoms with E-state index in [1.54, 1.807) is 12.1 Å². The molecular weight excluding hydrogens is 299 g/mol. The van der Waals surface area contributed by atoms with Crippen LogP contribution in [0, 0.1) is 5.92 Å². The molecule has 2 rings (SSSR count). The second kappa shape index (κ2) is 7.16. The minimum atomic E-state index is -0.131. The van der Waals surface area contributed by atoms with Crippen LogP contribution in [0.3, 0.4) is 0 Å². The lowest BCUT2D eigenvalue weighted by molar-refractivity contribution is -0.116. The van der Waals surface area contributed by atoms with Crippen molar-refractivity contribution in [3.63, 3.8) is 0 Å². The molecule has 0 atom stereocenters. The molecule has 1 aromatic rings. The van der Waals surface area contributed by atoms with Crippen LogP contribution in [0.25, 0.3) is 0 Å². The number of hydrogen-bond acceptors (Lipinski definition) is 3. The summed E-state index contributed by atoms with van der Waals surface area (Å²) in [5.74, 6) is 0.616. The highest BCUT2D eigenvalue weighted by Crippen LogP contribution is 2.33. The van der Waals surface area contributed by atoms with E-state index in [-0.39, 0.29) is 5.91 Å². The van der Waals surface area contributed by atoms with Gasteiger partial charge in [-0.05, 0) is 37.3 Å². The zero-order chi connectivity index (χ0) is 14.5. The summed E-state index contributed by atoms with van der Waals surface area (Å²) >= 11 is 12.0. The Labute approximate surface area is 128 Å². The zero-order valence-corrected chi connectivity index (χ0v) is 12.6.